The van der Waals surface area contributed by atoms with Gasteiger partial charge in [0.15, 0.2) is 5.84 Å². The third-order valence-corrected chi connectivity index (χ3v) is 2.84. The van der Waals surface area contributed by atoms with E-state index in [1.165, 1.54) is 6.07 Å². The molecule has 0 unspecified atom stereocenters. The van der Waals surface area contributed by atoms with Crippen molar-refractivity contribution in [1.29, 1.82) is 0 Å². The number of nitrogens with two attached hydrogens (primary N) is 1. The van der Waals surface area contributed by atoms with E-state index in [0.29, 0.717) is 13.1 Å². The summed E-state index contributed by atoms with van der Waals surface area (Å²) in [6.45, 7) is 4.90. The van der Waals surface area contributed by atoms with Gasteiger partial charge in [-0.05, 0) is 25.0 Å². The van der Waals surface area contributed by atoms with Gasteiger partial charge in [-0.15, -0.1) is 0 Å². The molecule has 0 aromatic carbocycles. The standard InChI is InChI=1S/C13H19F3N4O/c1-3-7-20(8-4-2)12-9(11(17)19-21)5-6-10(18-12)13(14,15)16/h5-6,21H,3-4,7-8H2,1-2H3,(H2,17,19). The monoisotopic (exact) mass is 304 g/mol. The lowest BCUT2D eigenvalue weighted by Crippen LogP contribution is -2.30. The van der Waals surface area contributed by atoms with Crippen LogP contribution >= 0.6 is 0 Å². The molecule has 0 aliphatic heterocycles. The summed E-state index contributed by atoms with van der Waals surface area (Å²) in [5.41, 5.74) is 4.73. The zero-order valence-electron chi connectivity index (χ0n) is 12.0. The minimum atomic E-state index is -4.54. The van der Waals surface area contributed by atoms with Crippen LogP contribution in [0.4, 0.5) is 19.0 Å². The fraction of sp³-hybridized carbons (Fsp3) is 0.538. The molecule has 0 saturated carbocycles. The van der Waals surface area contributed by atoms with Gasteiger partial charge in [0.2, 0.25) is 0 Å². The van der Waals surface area contributed by atoms with E-state index in [0.717, 1.165) is 18.9 Å². The number of hydrogen-bond donors (Lipinski definition) is 2. The molecule has 8 heteroatoms. The predicted octanol–water partition coefficient (Wildman–Crippen LogP) is 2.82. The maximum absolute atomic E-state index is 12.8. The minimum absolute atomic E-state index is 0.0869. The van der Waals surface area contributed by atoms with Crippen LogP contribution in [-0.2, 0) is 6.18 Å². The van der Waals surface area contributed by atoms with Crippen LogP contribution in [0.25, 0.3) is 0 Å². The lowest BCUT2D eigenvalue weighted by atomic mass is 10.2. The maximum Gasteiger partial charge on any atom is 0.433 e. The number of pyridine rings is 1. The Morgan fingerprint density at radius 1 is 1.29 bits per heavy atom. The van der Waals surface area contributed by atoms with Crippen molar-refractivity contribution in [3.8, 4) is 0 Å². The fourth-order valence-electron chi connectivity index (χ4n) is 1.96. The van der Waals surface area contributed by atoms with Crippen molar-refractivity contribution in [3.63, 3.8) is 0 Å². The number of anilines is 1. The average molecular weight is 304 g/mol. The summed E-state index contributed by atoms with van der Waals surface area (Å²) in [4.78, 5) is 5.39. The number of aromatic nitrogens is 1. The maximum atomic E-state index is 12.8. The second-order valence-corrected chi connectivity index (χ2v) is 4.54. The summed E-state index contributed by atoms with van der Waals surface area (Å²) in [6, 6.07) is 2.01. The largest absolute Gasteiger partial charge is 0.433 e. The van der Waals surface area contributed by atoms with Crippen LogP contribution in [0.5, 0.6) is 0 Å². The molecule has 0 saturated heterocycles. The second kappa shape index (κ2) is 7.14. The summed E-state index contributed by atoms with van der Waals surface area (Å²) in [5, 5.41) is 11.6. The minimum Gasteiger partial charge on any atom is -0.409 e. The molecular weight excluding hydrogens is 285 g/mol. The van der Waals surface area contributed by atoms with E-state index in [2.05, 4.69) is 10.1 Å². The first-order valence-corrected chi connectivity index (χ1v) is 6.66. The van der Waals surface area contributed by atoms with Gasteiger partial charge in [-0.25, -0.2) is 4.98 Å². The number of oxime groups is 1. The molecule has 0 radical (unpaired) electrons. The molecular formula is C13H19F3N4O. The lowest BCUT2D eigenvalue weighted by Gasteiger charge is -2.25. The molecule has 0 aliphatic rings. The highest BCUT2D eigenvalue weighted by atomic mass is 19.4. The van der Waals surface area contributed by atoms with Gasteiger partial charge in [0.25, 0.3) is 0 Å². The van der Waals surface area contributed by atoms with Gasteiger partial charge in [-0.3, -0.25) is 0 Å². The van der Waals surface area contributed by atoms with Crippen molar-refractivity contribution >= 4 is 11.7 Å². The van der Waals surface area contributed by atoms with Crippen LogP contribution in [0.15, 0.2) is 17.3 Å². The highest BCUT2D eigenvalue weighted by molar-refractivity contribution is 6.01. The first-order chi connectivity index (χ1) is 9.85. The second-order valence-electron chi connectivity index (χ2n) is 4.54. The van der Waals surface area contributed by atoms with Crippen molar-refractivity contribution < 1.29 is 18.4 Å². The van der Waals surface area contributed by atoms with Gasteiger partial charge in [-0.1, -0.05) is 19.0 Å². The molecule has 0 fully saturated rings. The zero-order valence-corrected chi connectivity index (χ0v) is 12.0. The lowest BCUT2D eigenvalue weighted by molar-refractivity contribution is -0.141. The van der Waals surface area contributed by atoms with Gasteiger partial charge >= 0.3 is 6.18 Å². The summed E-state index contributed by atoms with van der Waals surface area (Å²) in [7, 11) is 0. The topological polar surface area (TPSA) is 74.7 Å². The number of nitrogens with zero attached hydrogens (tertiary/aromatic N) is 3. The predicted molar refractivity (Wildman–Crippen MR) is 74.5 cm³/mol. The van der Waals surface area contributed by atoms with Crippen LogP contribution in [-0.4, -0.2) is 29.1 Å². The van der Waals surface area contributed by atoms with E-state index in [1.54, 1.807) is 4.90 Å². The van der Waals surface area contributed by atoms with E-state index in [9.17, 15) is 13.2 Å². The van der Waals surface area contributed by atoms with Crippen LogP contribution < -0.4 is 10.6 Å². The zero-order chi connectivity index (χ0) is 16.0. The Morgan fingerprint density at radius 3 is 2.29 bits per heavy atom. The van der Waals surface area contributed by atoms with Crippen molar-refractivity contribution in [1.82, 2.24) is 4.98 Å². The molecule has 0 amide bonds. The van der Waals surface area contributed by atoms with E-state index < -0.39 is 11.9 Å². The van der Waals surface area contributed by atoms with Crippen LogP contribution in [0.2, 0.25) is 0 Å². The Morgan fingerprint density at radius 2 is 1.86 bits per heavy atom. The van der Waals surface area contributed by atoms with Gasteiger partial charge in [-0.2, -0.15) is 13.2 Å². The van der Waals surface area contributed by atoms with Crippen molar-refractivity contribution in [2.45, 2.75) is 32.9 Å². The summed E-state index contributed by atoms with van der Waals surface area (Å²) in [5.74, 6) is -0.174. The van der Waals surface area contributed by atoms with Gasteiger partial charge in [0, 0.05) is 13.1 Å². The average Bonchev–Trinajstić information content (AvgIpc) is 2.44. The summed E-state index contributed by atoms with van der Waals surface area (Å²) in [6.07, 6.45) is -3.05. The van der Waals surface area contributed by atoms with Crippen molar-refractivity contribution in [2.24, 2.45) is 10.9 Å². The summed E-state index contributed by atoms with van der Waals surface area (Å²) >= 11 is 0. The Kier molecular flexibility index (Phi) is 5.80. The molecule has 0 bridgehead atoms. The van der Waals surface area contributed by atoms with Gasteiger partial charge in [0.1, 0.15) is 11.5 Å². The molecule has 1 heterocycles. The molecule has 5 nitrogen and oxygen atoms in total. The highest BCUT2D eigenvalue weighted by Gasteiger charge is 2.33. The number of halogens is 3. The molecule has 1 rings (SSSR count). The van der Waals surface area contributed by atoms with Crippen LogP contribution in [0.3, 0.4) is 0 Å². The number of rotatable bonds is 6. The van der Waals surface area contributed by atoms with Crippen molar-refractivity contribution in [3.05, 3.63) is 23.4 Å². The first-order valence-electron chi connectivity index (χ1n) is 6.66. The normalized spacial score (nSPS) is 12.5. The fourth-order valence-corrected chi connectivity index (χ4v) is 1.96. The Hall–Kier alpha value is -1.99. The third kappa shape index (κ3) is 4.24. The highest BCUT2D eigenvalue weighted by Crippen LogP contribution is 2.30. The van der Waals surface area contributed by atoms with E-state index in [1.807, 2.05) is 13.8 Å². The van der Waals surface area contributed by atoms with Crippen LogP contribution in [0.1, 0.15) is 37.9 Å². The molecule has 0 aliphatic carbocycles. The van der Waals surface area contributed by atoms with Crippen molar-refractivity contribution in [2.75, 3.05) is 18.0 Å². The SMILES string of the molecule is CCCN(CCC)c1nc(C(F)(F)F)ccc1C(N)=NO. The Labute approximate surface area is 121 Å². The Bertz CT molecular complexity index is 497. The van der Waals surface area contributed by atoms with Gasteiger partial charge in [0.05, 0.1) is 5.56 Å². The first kappa shape index (κ1) is 17.1. The van der Waals surface area contributed by atoms with E-state index >= 15 is 0 Å². The van der Waals surface area contributed by atoms with Gasteiger partial charge < -0.3 is 15.8 Å². The number of amidine groups is 1. The van der Waals surface area contributed by atoms with Crippen LogP contribution in [0, 0.1) is 0 Å². The molecule has 118 valence electrons. The molecule has 1 aromatic heterocycles. The molecule has 1 aromatic rings. The molecule has 0 spiro atoms. The molecule has 3 N–H and O–H groups in total. The molecule has 21 heavy (non-hydrogen) atoms. The smallest absolute Gasteiger partial charge is 0.409 e. The van der Waals surface area contributed by atoms with E-state index in [-0.39, 0.29) is 17.2 Å². The quantitative estimate of drug-likeness (QED) is 0.367. The number of hydrogen-bond acceptors (Lipinski definition) is 4. The molecule has 0 atom stereocenters. The van der Waals surface area contributed by atoms with E-state index in [4.69, 9.17) is 10.9 Å². The third-order valence-electron chi connectivity index (χ3n) is 2.84. The number of alkyl halides is 3. The summed E-state index contributed by atoms with van der Waals surface area (Å²) < 4.78 is 38.5. The Balaban J connectivity index is 3.40.